The largest absolute Gasteiger partial charge is 0.392 e. The van der Waals surface area contributed by atoms with Gasteiger partial charge in [0.25, 0.3) is 0 Å². The lowest BCUT2D eigenvalue weighted by Crippen LogP contribution is -2.28. The molecule has 0 atom stereocenters. The predicted octanol–water partition coefficient (Wildman–Crippen LogP) is 1.77. The summed E-state index contributed by atoms with van der Waals surface area (Å²) in [4.78, 5) is 2.25. The minimum absolute atomic E-state index is 0.175. The predicted molar refractivity (Wildman–Crippen MR) is 62.6 cm³/mol. The summed E-state index contributed by atoms with van der Waals surface area (Å²) in [5, 5.41) is 9.36. The van der Waals surface area contributed by atoms with E-state index in [1.54, 1.807) is 0 Å². The van der Waals surface area contributed by atoms with Crippen molar-refractivity contribution in [2.45, 2.75) is 6.42 Å². The molecule has 0 saturated heterocycles. The normalized spacial score (nSPS) is 18.3. The summed E-state index contributed by atoms with van der Waals surface area (Å²) < 4.78 is 0. The van der Waals surface area contributed by atoms with E-state index in [0.29, 0.717) is 0 Å². The zero-order valence-corrected chi connectivity index (χ0v) is 9.11. The molecule has 0 radical (unpaired) electrons. The lowest BCUT2D eigenvalue weighted by atomic mass is 9.94. The number of aliphatic hydroxyl groups excluding tert-OH is 1. The van der Waals surface area contributed by atoms with Gasteiger partial charge in [0.2, 0.25) is 0 Å². The Bertz CT molecular complexity index is 356. The fraction of sp³-hybridized carbons (Fsp3) is 0.385. The number of hydrogen-bond donors (Lipinski definition) is 1. The molecule has 80 valence electrons. The van der Waals surface area contributed by atoms with Gasteiger partial charge >= 0.3 is 0 Å². The summed E-state index contributed by atoms with van der Waals surface area (Å²) >= 11 is 0. The third-order valence-corrected chi connectivity index (χ3v) is 2.94. The molecule has 0 saturated carbocycles. The second kappa shape index (κ2) is 4.60. The molecule has 0 unspecified atom stereocenters. The van der Waals surface area contributed by atoms with Crippen molar-refractivity contribution >= 4 is 5.57 Å². The van der Waals surface area contributed by atoms with Crippen LogP contribution in [-0.4, -0.2) is 36.8 Å². The monoisotopic (exact) mass is 203 g/mol. The molecule has 0 bridgehead atoms. The van der Waals surface area contributed by atoms with Gasteiger partial charge in [0.05, 0.1) is 6.61 Å². The van der Waals surface area contributed by atoms with E-state index in [4.69, 9.17) is 0 Å². The summed E-state index contributed by atoms with van der Waals surface area (Å²) in [5.74, 6) is 0. The molecule has 1 aliphatic rings. The minimum atomic E-state index is 0.175. The first-order valence-corrected chi connectivity index (χ1v) is 5.37. The molecule has 0 amide bonds. The van der Waals surface area contributed by atoms with Crippen LogP contribution < -0.4 is 0 Å². The molecule has 0 aliphatic carbocycles. The van der Waals surface area contributed by atoms with Crippen LogP contribution in [0.15, 0.2) is 35.9 Å². The number of nitrogens with zero attached hydrogens (tertiary/aromatic N) is 1. The maximum absolute atomic E-state index is 9.36. The van der Waals surface area contributed by atoms with Crippen molar-refractivity contribution < 1.29 is 5.11 Å². The Labute approximate surface area is 90.8 Å². The molecule has 1 aliphatic heterocycles. The zero-order valence-electron chi connectivity index (χ0n) is 9.11. The van der Waals surface area contributed by atoms with Gasteiger partial charge < -0.3 is 10.0 Å². The first kappa shape index (κ1) is 10.4. The Morgan fingerprint density at radius 3 is 2.67 bits per heavy atom. The Morgan fingerprint density at radius 1 is 1.27 bits per heavy atom. The highest BCUT2D eigenvalue weighted by Crippen LogP contribution is 2.26. The maximum atomic E-state index is 9.36. The van der Waals surface area contributed by atoms with Gasteiger partial charge in [0, 0.05) is 13.1 Å². The third kappa shape index (κ3) is 2.28. The summed E-state index contributed by atoms with van der Waals surface area (Å²) in [6, 6.07) is 10.4. The quantitative estimate of drug-likeness (QED) is 0.792. The van der Waals surface area contributed by atoms with Gasteiger partial charge in [-0.2, -0.15) is 0 Å². The van der Waals surface area contributed by atoms with Crippen molar-refractivity contribution in [3.8, 4) is 0 Å². The van der Waals surface area contributed by atoms with Gasteiger partial charge in [0.1, 0.15) is 0 Å². The average molecular weight is 203 g/mol. The summed E-state index contributed by atoms with van der Waals surface area (Å²) in [7, 11) is 2.09. The Hall–Kier alpha value is -1.12. The van der Waals surface area contributed by atoms with Crippen molar-refractivity contribution in [2.24, 2.45) is 0 Å². The molecule has 15 heavy (non-hydrogen) atoms. The Morgan fingerprint density at radius 2 is 2.00 bits per heavy atom. The summed E-state index contributed by atoms with van der Waals surface area (Å²) in [6.45, 7) is 2.14. The smallest absolute Gasteiger partial charge is 0.0660 e. The van der Waals surface area contributed by atoms with Crippen molar-refractivity contribution in [1.29, 1.82) is 0 Å². The first-order chi connectivity index (χ1) is 7.31. The number of likely N-dealkylation sites (N-methyl/N-ethyl adjacent to an activating group) is 1. The average Bonchev–Trinajstić information content (AvgIpc) is 2.30. The van der Waals surface area contributed by atoms with Crippen LogP contribution in [-0.2, 0) is 0 Å². The SMILES string of the molecule is CN1CCC(c2ccccc2)=C(CO)C1. The van der Waals surface area contributed by atoms with E-state index < -0.39 is 0 Å². The van der Waals surface area contributed by atoms with Crippen LogP contribution >= 0.6 is 0 Å². The van der Waals surface area contributed by atoms with Crippen molar-refractivity contribution in [2.75, 3.05) is 26.7 Å². The molecule has 1 aromatic rings. The third-order valence-electron chi connectivity index (χ3n) is 2.94. The maximum Gasteiger partial charge on any atom is 0.0660 e. The molecule has 0 fully saturated rings. The highest BCUT2D eigenvalue weighted by molar-refractivity contribution is 5.70. The van der Waals surface area contributed by atoms with Crippen molar-refractivity contribution in [3.63, 3.8) is 0 Å². The molecule has 1 aromatic carbocycles. The summed E-state index contributed by atoms with van der Waals surface area (Å²) in [6.07, 6.45) is 1.04. The standard InChI is InChI=1S/C13H17NO/c1-14-8-7-13(12(9-14)10-15)11-5-3-2-4-6-11/h2-6,15H,7-10H2,1H3. The fourth-order valence-corrected chi connectivity index (χ4v) is 2.11. The van der Waals surface area contributed by atoms with Gasteiger partial charge in [-0.3, -0.25) is 0 Å². The van der Waals surface area contributed by atoms with E-state index in [-0.39, 0.29) is 6.61 Å². The second-order valence-corrected chi connectivity index (χ2v) is 4.09. The Kier molecular flexibility index (Phi) is 3.19. The fourth-order valence-electron chi connectivity index (χ4n) is 2.11. The minimum Gasteiger partial charge on any atom is -0.392 e. The highest BCUT2D eigenvalue weighted by Gasteiger charge is 2.16. The lowest BCUT2D eigenvalue weighted by Gasteiger charge is -2.27. The molecule has 0 aromatic heterocycles. The molecule has 2 rings (SSSR count). The van der Waals surface area contributed by atoms with Crippen LogP contribution in [0.5, 0.6) is 0 Å². The van der Waals surface area contributed by atoms with Crippen LogP contribution in [0.25, 0.3) is 5.57 Å². The van der Waals surface area contributed by atoms with Gasteiger partial charge in [-0.15, -0.1) is 0 Å². The molecule has 1 heterocycles. The molecular formula is C13H17NO. The molecular weight excluding hydrogens is 186 g/mol. The second-order valence-electron chi connectivity index (χ2n) is 4.09. The van der Waals surface area contributed by atoms with E-state index in [1.807, 2.05) is 6.07 Å². The van der Waals surface area contributed by atoms with E-state index in [1.165, 1.54) is 11.1 Å². The highest BCUT2D eigenvalue weighted by atomic mass is 16.3. The number of aliphatic hydroxyl groups is 1. The van der Waals surface area contributed by atoms with E-state index in [0.717, 1.165) is 25.1 Å². The molecule has 0 spiro atoms. The summed E-state index contributed by atoms with van der Waals surface area (Å²) in [5.41, 5.74) is 3.75. The van der Waals surface area contributed by atoms with Crippen LogP contribution in [0, 0.1) is 0 Å². The van der Waals surface area contributed by atoms with Crippen molar-refractivity contribution in [3.05, 3.63) is 41.5 Å². The van der Waals surface area contributed by atoms with Gasteiger partial charge in [-0.05, 0) is 30.2 Å². The lowest BCUT2D eigenvalue weighted by molar-refractivity contribution is 0.292. The molecule has 2 heteroatoms. The zero-order chi connectivity index (χ0) is 10.7. The van der Waals surface area contributed by atoms with E-state index in [9.17, 15) is 5.11 Å². The van der Waals surface area contributed by atoms with Gasteiger partial charge in [0.15, 0.2) is 0 Å². The van der Waals surface area contributed by atoms with E-state index in [2.05, 4.69) is 36.2 Å². The van der Waals surface area contributed by atoms with Gasteiger partial charge in [-0.1, -0.05) is 30.3 Å². The van der Waals surface area contributed by atoms with Crippen LogP contribution in [0.3, 0.4) is 0 Å². The molecule has 2 nitrogen and oxygen atoms in total. The number of benzene rings is 1. The first-order valence-electron chi connectivity index (χ1n) is 5.37. The molecule has 1 N–H and O–H groups in total. The number of rotatable bonds is 2. The van der Waals surface area contributed by atoms with E-state index >= 15 is 0 Å². The van der Waals surface area contributed by atoms with Gasteiger partial charge in [-0.25, -0.2) is 0 Å². The van der Waals surface area contributed by atoms with Crippen LogP contribution in [0.2, 0.25) is 0 Å². The van der Waals surface area contributed by atoms with Crippen molar-refractivity contribution in [1.82, 2.24) is 4.90 Å². The van der Waals surface area contributed by atoms with Crippen LogP contribution in [0.4, 0.5) is 0 Å². The Balaban J connectivity index is 2.34. The number of hydrogen-bond acceptors (Lipinski definition) is 2. The topological polar surface area (TPSA) is 23.5 Å². The van der Waals surface area contributed by atoms with Crippen LogP contribution in [0.1, 0.15) is 12.0 Å².